The average Bonchev–Trinajstić information content (AvgIpc) is 2.87. The van der Waals surface area contributed by atoms with Gasteiger partial charge in [-0.15, -0.1) is 22.7 Å². The van der Waals surface area contributed by atoms with Gasteiger partial charge >= 0.3 is 0 Å². The van der Waals surface area contributed by atoms with Crippen LogP contribution in [0.5, 0.6) is 0 Å². The minimum Gasteiger partial charge on any atom is -0.516 e. The molecule has 0 fully saturated rings. The summed E-state index contributed by atoms with van der Waals surface area (Å²) in [5.74, 6) is 0. The van der Waals surface area contributed by atoms with Crippen molar-refractivity contribution in [1.29, 1.82) is 0 Å². The lowest BCUT2D eigenvalue weighted by Crippen LogP contribution is -1.68. The number of rotatable bonds is 3. The lowest BCUT2D eigenvalue weighted by atomic mass is 10.2. The molecule has 1 nitrogen and oxygen atoms in total. The standard InChI is InChI=1S/C12H10OS2/c13-7-2-1-4-10-6-9-15-12(10)11-5-3-8-14-11/h1-9,13H. The van der Waals surface area contributed by atoms with E-state index < -0.39 is 0 Å². The number of aliphatic hydroxyl groups excluding tert-OH is 1. The predicted molar refractivity (Wildman–Crippen MR) is 68.4 cm³/mol. The van der Waals surface area contributed by atoms with E-state index >= 15 is 0 Å². The quantitative estimate of drug-likeness (QED) is 0.609. The van der Waals surface area contributed by atoms with Crippen LogP contribution >= 0.6 is 22.7 Å². The summed E-state index contributed by atoms with van der Waals surface area (Å²) in [7, 11) is 0. The van der Waals surface area contributed by atoms with Crippen LogP contribution in [0.2, 0.25) is 0 Å². The molecule has 76 valence electrons. The maximum atomic E-state index is 8.52. The third kappa shape index (κ3) is 2.37. The minimum absolute atomic E-state index is 1.04. The Kier molecular flexibility index (Phi) is 3.37. The SMILES string of the molecule is OC=CC=Cc1ccsc1-c1cccs1. The Morgan fingerprint density at radius 3 is 2.73 bits per heavy atom. The molecule has 3 heteroatoms. The van der Waals surface area contributed by atoms with E-state index in [0.717, 1.165) is 6.26 Å². The van der Waals surface area contributed by atoms with Crippen molar-refractivity contribution < 1.29 is 5.11 Å². The van der Waals surface area contributed by atoms with Gasteiger partial charge in [-0.2, -0.15) is 0 Å². The highest BCUT2D eigenvalue weighted by atomic mass is 32.1. The zero-order chi connectivity index (χ0) is 10.5. The summed E-state index contributed by atoms with van der Waals surface area (Å²) in [6.45, 7) is 0. The van der Waals surface area contributed by atoms with E-state index in [9.17, 15) is 0 Å². The first-order chi connectivity index (χ1) is 7.42. The molecule has 0 atom stereocenters. The fourth-order valence-corrected chi connectivity index (χ4v) is 3.05. The largest absolute Gasteiger partial charge is 0.516 e. The second-order valence-electron chi connectivity index (χ2n) is 2.88. The van der Waals surface area contributed by atoms with Crippen LogP contribution in [0.3, 0.4) is 0 Å². The number of hydrogen-bond donors (Lipinski definition) is 1. The van der Waals surface area contributed by atoms with Crippen LogP contribution < -0.4 is 0 Å². The van der Waals surface area contributed by atoms with E-state index in [1.54, 1.807) is 28.7 Å². The van der Waals surface area contributed by atoms with Crippen molar-refractivity contribution in [2.75, 3.05) is 0 Å². The van der Waals surface area contributed by atoms with Crippen molar-refractivity contribution in [2.24, 2.45) is 0 Å². The summed E-state index contributed by atoms with van der Waals surface area (Å²) in [6, 6.07) is 6.26. The maximum Gasteiger partial charge on any atom is 0.0791 e. The van der Waals surface area contributed by atoms with Crippen molar-refractivity contribution in [3.63, 3.8) is 0 Å². The highest BCUT2D eigenvalue weighted by molar-refractivity contribution is 7.20. The van der Waals surface area contributed by atoms with Crippen LogP contribution in [-0.2, 0) is 0 Å². The third-order valence-electron chi connectivity index (χ3n) is 1.91. The fourth-order valence-electron chi connectivity index (χ4n) is 1.27. The lowest BCUT2D eigenvalue weighted by molar-refractivity contribution is 0.474. The highest BCUT2D eigenvalue weighted by Crippen LogP contribution is 2.33. The summed E-state index contributed by atoms with van der Waals surface area (Å²) in [6.07, 6.45) is 6.47. The predicted octanol–water partition coefficient (Wildman–Crippen LogP) is 4.56. The molecule has 0 saturated carbocycles. The van der Waals surface area contributed by atoms with Crippen molar-refractivity contribution in [1.82, 2.24) is 0 Å². The van der Waals surface area contributed by atoms with Crippen LogP contribution in [0.4, 0.5) is 0 Å². The molecule has 0 aliphatic rings. The van der Waals surface area contributed by atoms with Gasteiger partial charge in [-0.1, -0.05) is 18.2 Å². The molecule has 0 saturated heterocycles. The van der Waals surface area contributed by atoms with Crippen LogP contribution in [0, 0.1) is 0 Å². The molecule has 15 heavy (non-hydrogen) atoms. The van der Waals surface area contributed by atoms with Gasteiger partial charge in [-0.05, 0) is 34.5 Å². The summed E-state index contributed by atoms with van der Waals surface area (Å²) >= 11 is 3.48. The molecule has 0 aliphatic heterocycles. The number of allylic oxidation sites excluding steroid dienone is 2. The molecule has 0 aromatic carbocycles. The van der Waals surface area contributed by atoms with Gasteiger partial charge in [0.15, 0.2) is 0 Å². The van der Waals surface area contributed by atoms with E-state index in [-0.39, 0.29) is 0 Å². The first kappa shape index (κ1) is 10.2. The van der Waals surface area contributed by atoms with Crippen molar-refractivity contribution >= 4 is 28.7 Å². The molecular formula is C12H10OS2. The first-order valence-corrected chi connectivity index (χ1v) is 6.26. The number of hydrogen-bond acceptors (Lipinski definition) is 3. The molecule has 0 unspecified atom stereocenters. The third-order valence-corrected chi connectivity index (χ3v) is 3.89. The Bertz CT molecular complexity index is 464. The van der Waals surface area contributed by atoms with Crippen molar-refractivity contribution in [2.45, 2.75) is 0 Å². The van der Waals surface area contributed by atoms with Gasteiger partial charge < -0.3 is 5.11 Å². The Labute approximate surface area is 96.6 Å². The Morgan fingerprint density at radius 2 is 2.00 bits per heavy atom. The minimum atomic E-state index is 1.04. The molecule has 1 N–H and O–H groups in total. The zero-order valence-electron chi connectivity index (χ0n) is 7.96. The van der Waals surface area contributed by atoms with Gasteiger partial charge in [0, 0.05) is 4.88 Å². The smallest absolute Gasteiger partial charge is 0.0791 e. The molecule has 2 rings (SSSR count). The molecule has 2 heterocycles. The van der Waals surface area contributed by atoms with E-state index in [1.165, 1.54) is 15.3 Å². The van der Waals surface area contributed by atoms with Crippen molar-refractivity contribution in [3.05, 3.63) is 52.9 Å². The Balaban J connectivity index is 2.30. The van der Waals surface area contributed by atoms with E-state index in [0.29, 0.717) is 0 Å². The number of thiophene rings is 2. The van der Waals surface area contributed by atoms with Gasteiger partial charge in [0.25, 0.3) is 0 Å². The summed E-state index contributed by atoms with van der Waals surface area (Å²) in [4.78, 5) is 2.57. The molecule has 0 spiro atoms. The van der Waals surface area contributed by atoms with Crippen LogP contribution in [0.15, 0.2) is 47.4 Å². The van der Waals surface area contributed by atoms with Crippen molar-refractivity contribution in [3.8, 4) is 9.75 Å². The molecule has 2 aromatic rings. The van der Waals surface area contributed by atoms with E-state index in [1.807, 2.05) is 12.2 Å². The number of aliphatic hydroxyl groups is 1. The molecule has 0 bridgehead atoms. The Morgan fingerprint density at radius 1 is 1.07 bits per heavy atom. The van der Waals surface area contributed by atoms with Gasteiger partial charge in [0.05, 0.1) is 11.1 Å². The van der Waals surface area contributed by atoms with Gasteiger partial charge in [0.2, 0.25) is 0 Å². The topological polar surface area (TPSA) is 20.2 Å². The molecule has 0 radical (unpaired) electrons. The fraction of sp³-hybridized carbons (Fsp3) is 0. The average molecular weight is 234 g/mol. The van der Waals surface area contributed by atoms with Crippen LogP contribution in [0.1, 0.15) is 5.56 Å². The monoisotopic (exact) mass is 234 g/mol. The zero-order valence-corrected chi connectivity index (χ0v) is 9.59. The van der Waals surface area contributed by atoms with Gasteiger partial charge in [-0.25, -0.2) is 0 Å². The molecule has 2 aromatic heterocycles. The molecular weight excluding hydrogens is 224 g/mol. The van der Waals surface area contributed by atoms with Gasteiger partial charge in [0.1, 0.15) is 0 Å². The van der Waals surface area contributed by atoms with E-state index in [2.05, 4.69) is 29.0 Å². The Hall–Kier alpha value is -1.32. The van der Waals surface area contributed by atoms with E-state index in [4.69, 9.17) is 5.11 Å². The van der Waals surface area contributed by atoms with Crippen LogP contribution in [-0.4, -0.2) is 5.11 Å². The highest BCUT2D eigenvalue weighted by Gasteiger charge is 2.04. The molecule has 0 aliphatic carbocycles. The normalized spacial score (nSPS) is 11.7. The summed E-state index contributed by atoms with van der Waals surface area (Å²) in [5.41, 5.74) is 1.19. The maximum absolute atomic E-state index is 8.52. The molecule has 0 amide bonds. The second kappa shape index (κ2) is 4.96. The van der Waals surface area contributed by atoms with Gasteiger partial charge in [-0.3, -0.25) is 0 Å². The van der Waals surface area contributed by atoms with Crippen LogP contribution in [0.25, 0.3) is 15.8 Å². The first-order valence-electron chi connectivity index (χ1n) is 4.50. The second-order valence-corrected chi connectivity index (χ2v) is 4.75. The summed E-state index contributed by atoms with van der Waals surface area (Å²) < 4.78 is 0. The lowest BCUT2D eigenvalue weighted by Gasteiger charge is -1.94. The summed E-state index contributed by atoms with van der Waals surface area (Å²) in [5, 5.41) is 12.7.